The van der Waals surface area contributed by atoms with Crippen LogP contribution in [0.2, 0.25) is 10.0 Å². The molecule has 1 fully saturated rings. The van der Waals surface area contributed by atoms with E-state index in [1.807, 2.05) is 12.1 Å². The topological polar surface area (TPSA) is 20.3 Å². The molecule has 1 aliphatic rings. The molecule has 0 atom stereocenters. The summed E-state index contributed by atoms with van der Waals surface area (Å²) >= 11 is 11.9. The molecule has 122 valence electrons. The summed E-state index contributed by atoms with van der Waals surface area (Å²) in [6.45, 7) is 2.04. The molecule has 1 heterocycles. The normalized spacial score (nSPS) is 16.9. The van der Waals surface area contributed by atoms with Gasteiger partial charge in [-0.25, -0.2) is 8.78 Å². The minimum absolute atomic E-state index is 0.0963. The second-order valence-corrected chi connectivity index (χ2v) is 6.71. The maximum atomic E-state index is 12.8. The number of likely N-dealkylation sites (tertiary alicyclic amines) is 1. The first-order valence-corrected chi connectivity index (χ1v) is 8.12. The van der Waals surface area contributed by atoms with Crippen molar-refractivity contribution < 1.29 is 13.6 Å². The number of carbonyl (C=O) groups excluding carboxylic acids is 1. The van der Waals surface area contributed by atoms with Crippen LogP contribution in [0.1, 0.15) is 44.1 Å². The lowest BCUT2D eigenvalue weighted by molar-refractivity contribution is -0.134. The van der Waals surface area contributed by atoms with Crippen LogP contribution in [0.25, 0.3) is 0 Å². The van der Waals surface area contributed by atoms with Gasteiger partial charge in [0.2, 0.25) is 11.8 Å². The van der Waals surface area contributed by atoms with Crippen LogP contribution in [0.3, 0.4) is 0 Å². The minimum Gasteiger partial charge on any atom is -0.343 e. The maximum absolute atomic E-state index is 12.8. The van der Waals surface area contributed by atoms with E-state index >= 15 is 0 Å². The van der Waals surface area contributed by atoms with Gasteiger partial charge >= 0.3 is 0 Å². The highest BCUT2D eigenvalue weighted by molar-refractivity contribution is 6.42. The predicted octanol–water partition coefficient (Wildman–Crippen LogP) is 5.13. The largest absolute Gasteiger partial charge is 0.343 e. The fourth-order valence-corrected chi connectivity index (χ4v) is 3.02. The van der Waals surface area contributed by atoms with Gasteiger partial charge in [-0.2, -0.15) is 0 Å². The van der Waals surface area contributed by atoms with Crippen molar-refractivity contribution >= 4 is 29.1 Å². The zero-order valence-electron chi connectivity index (χ0n) is 12.4. The molecule has 0 unspecified atom stereocenters. The van der Waals surface area contributed by atoms with Crippen LogP contribution >= 0.6 is 23.2 Å². The summed E-state index contributed by atoms with van der Waals surface area (Å²) in [5.74, 6) is -2.64. The highest BCUT2D eigenvalue weighted by Gasteiger charge is 2.27. The third kappa shape index (κ3) is 4.82. The number of carbonyl (C=O) groups is 1. The summed E-state index contributed by atoms with van der Waals surface area (Å²) in [6.07, 6.45) is 1.14. The van der Waals surface area contributed by atoms with E-state index in [1.165, 1.54) is 0 Å². The van der Waals surface area contributed by atoms with Crippen LogP contribution in [-0.2, 0) is 4.79 Å². The van der Waals surface area contributed by atoms with Crippen molar-refractivity contribution in [3.63, 3.8) is 0 Å². The molecule has 1 aromatic rings. The Morgan fingerprint density at radius 3 is 2.45 bits per heavy atom. The van der Waals surface area contributed by atoms with Crippen molar-refractivity contribution in [1.82, 2.24) is 4.90 Å². The summed E-state index contributed by atoms with van der Waals surface area (Å²) in [4.78, 5) is 13.6. The first-order valence-electron chi connectivity index (χ1n) is 7.37. The van der Waals surface area contributed by atoms with E-state index in [-0.39, 0.29) is 12.3 Å². The Morgan fingerprint density at radius 2 is 1.91 bits per heavy atom. The van der Waals surface area contributed by atoms with Crippen LogP contribution < -0.4 is 0 Å². The van der Waals surface area contributed by atoms with Gasteiger partial charge in [0.05, 0.1) is 10.0 Å². The summed E-state index contributed by atoms with van der Waals surface area (Å²) in [5, 5.41) is 1.06. The Morgan fingerprint density at radius 1 is 1.27 bits per heavy atom. The molecule has 1 aliphatic heterocycles. The Hall–Kier alpha value is -0.870. The Kier molecular flexibility index (Phi) is 5.67. The van der Waals surface area contributed by atoms with Gasteiger partial charge in [0, 0.05) is 25.9 Å². The van der Waals surface area contributed by atoms with E-state index in [0.29, 0.717) is 29.1 Å². The zero-order valence-corrected chi connectivity index (χ0v) is 13.9. The quantitative estimate of drug-likeness (QED) is 0.737. The van der Waals surface area contributed by atoms with E-state index in [4.69, 9.17) is 23.2 Å². The number of amides is 1. The highest BCUT2D eigenvalue weighted by atomic mass is 35.5. The van der Waals surface area contributed by atoms with Crippen LogP contribution in [0.4, 0.5) is 8.78 Å². The van der Waals surface area contributed by atoms with Gasteiger partial charge < -0.3 is 4.90 Å². The van der Waals surface area contributed by atoms with Crippen LogP contribution in [0.15, 0.2) is 18.2 Å². The average Bonchev–Trinajstić information content (AvgIpc) is 2.47. The molecule has 2 nitrogen and oxygen atoms in total. The molecule has 1 aromatic carbocycles. The summed E-state index contributed by atoms with van der Waals surface area (Å²) in [6, 6.07) is 5.59. The van der Waals surface area contributed by atoms with E-state index in [2.05, 4.69) is 0 Å². The fourth-order valence-electron chi connectivity index (χ4n) is 2.71. The van der Waals surface area contributed by atoms with Gasteiger partial charge in [0.25, 0.3) is 0 Å². The molecule has 1 amide bonds. The first-order chi connectivity index (χ1) is 10.3. The molecular weight excluding hydrogens is 331 g/mol. The van der Waals surface area contributed by atoms with Crippen molar-refractivity contribution in [1.29, 1.82) is 0 Å². The monoisotopic (exact) mass is 349 g/mol. The molecule has 0 saturated carbocycles. The molecule has 0 aromatic heterocycles. The number of hydrogen-bond donors (Lipinski definition) is 0. The molecule has 0 bridgehead atoms. The molecule has 22 heavy (non-hydrogen) atoms. The number of piperidine rings is 1. The van der Waals surface area contributed by atoms with E-state index < -0.39 is 12.3 Å². The number of hydrogen-bond acceptors (Lipinski definition) is 1. The van der Waals surface area contributed by atoms with Crippen LogP contribution in [0, 0.1) is 0 Å². The number of benzene rings is 1. The van der Waals surface area contributed by atoms with E-state index in [0.717, 1.165) is 25.3 Å². The minimum atomic E-state index is -2.78. The second-order valence-electron chi connectivity index (χ2n) is 5.90. The van der Waals surface area contributed by atoms with Gasteiger partial charge in [-0.15, -0.1) is 0 Å². The van der Waals surface area contributed by atoms with Crippen molar-refractivity contribution in [2.75, 3.05) is 13.1 Å². The lowest BCUT2D eigenvalue weighted by Crippen LogP contribution is -2.38. The zero-order chi connectivity index (χ0) is 16.3. The summed E-state index contributed by atoms with van der Waals surface area (Å²) in [5.41, 5.74) is 1.11. The van der Waals surface area contributed by atoms with Gasteiger partial charge in [-0.1, -0.05) is 29.3 Å². The summed E-state index contributed by atoms with van der Waals surface area (Å²) < 4.78 is 25.6. The lowest BCUT2D eigenvalue weighted by Gasteiger charge is -2.32. The van der Waals surface area contributed by atoms with Gasteiger partial charge in [0.15, 0.2) is 0 Å². The molecule has 0 radical (unpaired) electrons. The molecular formula is C16H19Cl2F2NO. The van der Waals surface area contributed by atoms with Gasteiger partial charge in [0.1, 0.15) is 0 Å². The number of nitrogens with zero attached hydrogens (tertiary/aromatic N) is 1. The number of alkyl halides is 2. The van der Waals surface area contributed by atoms with Crippen molar-refractivity contribution in [2.24, 2.45) is 0 Å². The standard InChI is InChI=1S/C16H19Cl2F2NO/c1-16(19,20)7-4-15(22)21-8-5-11(6-9-21)12-2-3-13(17)14(18)10-12/h2-3,10-11H,4-9H2,1H3. The second kappa shape index (κ2) is 7.14. The van der Waals surface area contributed by atoms with Crippen molar-refractivity contribution in [2.45, 2.75) is 44.4 Å². The highest BCUT2D eigenvalue weighted by Crippen LogP contribution is 2.32. The average molecular weight is 350 g/mol. The van der Waals surface area contributed by atoms with Gasteiger partial charge in [-0.05, 0) is 43.4 Å². The third-order valence-electron chi connectivity index (χ3n) is 4.04. The molecule has 2 rings (SSSR count). The Bertz CT molecular complexity index is 537. The van der Waals surface area contributed by atoms with Crippen LogP contribution in [0.5, 0.6) is 0 Å². The molecule has 0 aliphatic carbocycles. The van der Waals surface area contributed by atoms with E-state index in [9.17, 15) is 13.6 Å². The Labute approximate surface area is 139 Å². The SMILES string of the molecule is CC(F)(F)CCC(=O)N1CCC(c2ccc(Cl)c(Cl)c2)CC1. The van der Waals surface area contributed by atoms with Gasteiger partial charge in [-0.3, -0.25) is 4.79 Å². The molecule has 0 spiro atoms. The first kappa shape index (κ1) is 17.5. The predicted molar refractivity (Wildman–Crippen MR) is 84.9 cm³/mol. The molecule has 1 saturated heterocycles. The summed E-state index contributed by atoms with van der Waals surface area (Å²) in [7, 11) is 0. The lowest BCUT2D eigenvalue weighted by atomic mass is 9.89. The third-order valence-corrected chi connectivity index (χ3v) is 4.78. The van der Waals surface area contributed by atoms with Crippen molar-refractivity contribution in [3.05, 3.63) is 33.8 Å². The smallest absolute Gasteiger partial charge is 0.245 e. The molecule has 0 N–H and O–H groups in total. The fraction of sp³-hybridized carbons (Fsp3) is 0.562. The maximum Gasteiger partial charge on any atom is 0.245 e. The number of rotatable bonds is 4. The molecule has 6 heteroatoms. The van der Waals surface area contributed by atoms with E-state index in [1.54, 1.807) is 11.0 Å². The van der Waals surface area contributed by atoms with Crippen LogP contribution in [-0.4, -0.2) is 29.8 Å². The van der Waals surface area contributed by atoms with Crippen molar-refractivity contribution in [3.8, 4) is 0 Å². The number of halogens is 4. The Balaban J connectivity index is 1.87.